The maximum atomic E-state index is 11.5. The van der Waals surface area contributed by atoms with E-state index >= 15 is 0 Å². The fraction of sp³-hybridized carbons (Fsp3) is 0.588. The smallest absolute Gasteiger partial charge is 0.308 e. The van der Waals surface area contributed by atoms with Crippen molar-refractivity contribution in [3.05, 3.63) is 29.3 Å². The van der Waals surface area contributed by atoms with Crippen LogP contribution in [0, 0.1) is 19.8 Å². The fourth-order valence-electron chi connectivity index (χ4n) is 3.02. The number of carbonyl (C=O) groups is 1. The molecule has 1 fully saturated rings. The lowest BCUT2D eigenvalue weighted by Gasteiger charge is -2.32. The van der Waals surface area contributed by atoms with Gasteiger partial charge in [-0.25, -0.2) is 0 Å². The summed E-state index contributed by atoms with van der Waals surface area (Å²) in [4.78, 5) is 13.7. The Morgan fingerprint density at radius 2 is 1.95 bits per heavy atom. The Morgan fingerprint density at radius 1 is 1.36 bits per heavy atom. The van der Waals surface area contributed by atoms with Crippen LogP contribution in [-0.4, -0.2) is 48.9 Å². The Hall–Kier alpha value is -1.59. The van der Waals surface area contributed by atoms with Gasteiger partial charge >= 0.3 is 5.97 Å². The van der Waals surface area contributed by atoms with Crippen molar-refractivity contribution < 1.29 is 14.6 Å². The van der Waals surface area contributed by atoms with E-state index in [4.69, 9.17) is 4.74 Å². The van der Waals surface area contributed by atoms with Crippen molar-refractivity contribution in [2.75, 3.05) is 32.1 Å². The van der Waals surface area contributed by atoms with E-state index in [-0.39, 0.29) is 11.9 Å². The first-order chi connectivity index (χ1) is 10.5. The van der Waals surface area contributed by atoms with Gasteiger partial charge in [-0.05, 0) is 50.9 Å². The van der Waals surface area contributed by atoms with Crippen LogP contribution in [0.4, 0.5) is 5.69 Å². The largest absolute Gasteiger partial charge is 0.469 e. The Morgan fingerprint density at radius 3 is 2.50 bits per heavy atom. The van der Waals surface area contributed by atoms with Gasteiger partial charge in [0.15, 0.2) is 0 Å². The highest BCUT2D eigenvalue weighted by Crippen LogP contribution is 2.21. The molecular weight excluding hydrogens is 280 g/mol. The summed E-state index contributed by atoms with van der Waals surface area (Å²) in [6, 6.07) is 6.08. The van der Waals surface area contributed by atoms with Gasteiger partial charge in [-0.15, -0.1) is 0 Å². The van der Waals surface area contributed by atoms with Crippen LogP contribution in [-0.2, 0) is 9.53 Å². The molecule has 5 heteroatoms. The van der Waals surface area contributed by atoms with E-state index < -0.39 is 6.23 Å². The molecule has 2 rings (SSSR count). The number of esters is 1. The highest BCUT2D eigenvalue weighted by atomic mass is 16.5. The van der Waals surface area contributed by atoms with E-state index in [9.17, 15) is 9.90 Å². The number of methoxy groups -OCH3 is 1. The lowest BCUT2D eigenvalue weighted by atomic mass is 9.97. The first-order valence-electron chi connectivity index (χ1n) is 7.82. The van der Waals surface area contributed by atoms with Gasteiger partial charge in [0.25, 0.3) is 0 Å². The molecule has 1 saturated heterocycles. The lowest BCUT2D eigenvalue weighted by molar-refractivity contribution is -0.147. The molecule has 2 N–H and O–H groups in total. The van der Waals surface area contributed by atoms with Crippen molar-refractivity contribution in [1.29, 1.82) is 0 Å². The number of nitrogens with zero attached hydrogens (tertiary/aromatic N) is 1. The molecule has 22 heavy (non-hydrogen) atoms. The first kappa shape index (κ1) is 16.8. The zero-order chi connectivity index (χ0) is 16.1. The lowest BCUT2D eigenvalue weighted by Crippen LogP contribution is -2.42. The Labute approximate surface area is 132 Å². The van der Waals surface area contributed by atoms with Crippen molar-refractivity contribution in [3.8, 4) is 0 Å². The van der Waals surface area contributed by atoms with Crippen LogP contribution in [0.3, 0.4) is 0 Å². The number of rotatable bonds is 5. The van der Waals surface area contributed by atoms with Gasteiger partial charge in [0.05, 0.1) is 13.0 Å². The summed E-state index contributed by atoms with van der Waals surface area (Å²) in [5.41, 5.74) is 3.26. The highest BCUT2D eigenvalue weighted by molar-refractivity contribution is 5.72. The van der Waals surface area contributed by atoms with Gasteiger partial charge in [-0.3, -0.25) is 9.69 Å². The predicted octanol–water partition coefficient (Wildman–Crippen LogP) is 1.92. The predicted molar refractivity (Wildman–Crippen MR) is 86.7 cm³/mol. The molecule has 1 atom stereocenters. The summed E-state index contributed by atoms with van der Waals surface area (Å²) in [6.07, 6.45) is 0.973. The number of para-hydroxylation sites is 1. The minimum atomic E-state index is -0.616. The van der Waals surface area contributed by atoms with Crippen LogP contribution in [0.5, 0.6) is 0 Å². The van der Waals surface area contributed by atoms with Gasteiger partial charge in [-0.2, -0.15) is 0 Å². The molecule has 5 nitrogen and oxygen atoms in total. The maximum Gasteiger partial charge on any atom is 0.308 e. The minimum Gasteiger partial charge on any atom is -0.469 e. The number of benzene rings is 1. The Balaban J connectivity index is 1.83. The first-order valence-corrected chi connectivity index (χ1v) is 7.82. The number of aliphatic hydroxyl groups is 1. The molecule has 0 bridgehead atoms. The summed E-state index contributed by atoms with van der Waals surface area (Å²) < 4.78 is 4.79. The third-order valence-corrected chi connectivity index (χ3v) is 4.35. The number of aliphatic hydroxyl groups excluding tert-OH is 1. The number of nitrogens with one attached hydrogen (secondary N) is 1. The number of anilines is 1. The van der Waals surface area contributed by atoms with Crippen LogP contribution in [0.25, 0.3) is 0 Å². The molecule has 0 radical (unpaired) electrons. The molecule has 0 aromatic heterocycles. The molecule has 122 valence electrons. The second kappa shape index (κ2) is 7.61. The normalized spacial score (nSPS) is 18.0. The van der Waals surface area contributed by atoms with Gasteiger partial charge in [0.2, 0.25) is 0 Å². The van der Waals surface area contributed by atoms with Gasteiger partial charge in [0, 0.05) is 12.2 Å². The van der Waals surface area contributed by atoms with E-state index in [1.54, 1.807) is 0 Å². The average molecular weight is 306 g/mol. The molecular formula is C17H26N2O3. The molecule has 1 aliphatic heterocycles. The second-order valence-corrected chi connectivity index (χ2v) is 6.02. The summed E-state index contributed by atoms with van der Waals surface area (Å²) in [6.45, 7) is 6.24. The van der Waals surface area contributed by atoms with E-state index in [1.165, 1.54) is 7.11 Å². The van der Waals surface area contributed by atoms with E-state index in [0.29, 0.717) is 6.54 Å². The molecule has 0 saturated carbocycles. The standard InChI is InChI=1S/C17H26N2O3/c1-12-5-4-6-13(2)16(12)18-15(20)11-19-9-7-14(8-10-19)17(21)22-3/h4-6,14-15,18,20H,7-11H2,1-3H3. The quantitative estimate of drug-likeness (QED) is 0.643. The van der Waals surface area contributed by atoms with Crippen molar-refractivity contribution in [2.24, 2.45) is 5.92 Å². The summed E-state index contributed by atoms with van der Waals surface area (Å²) in [5, 5.41) is 13.5. The van der Waals surface area contributed by atoms with Crippen LogP contribution in [0.15, 0.2) is 18.2 Å². The third kappa shape index (κ3) is 4.21. The number of hydrogen-bond donors (Lipinski definition) is 2. The van der Waals surface area contributed by atoms with Crippen LogP contribution in [0.2, 0.25) is 0 Å². The highest BCUT2D eigenvalue weighted by Gasteiger charge is 2.26. The molecule has 0 aliphatic carbocycles. The number of β-amino-alcohol motifs (C(OH)–C–C–N with tert-alkyl or cyclic N) is 1. The number of hydrogen-bond acceptors (Lipinski definition) is 5. The van der Waals surface area contributed by atoms with Gasteiger partial charge in [-0.1, -0.05) is 18.2 Å². The molecule has 0 amide bonds. The minimum absolute atomic E-state index is 0.00460. The maximum absolute atomic E-state index is 11.5. The number of carbonyl (C=O) groups excluding carboxylic acids is 1. The molecule has 1 aromatic carbocycles. The summed E-state index contributed by atoms with van der Waals surface area (Å²) >= 11 is 0. The summed E-state index contributed by atoms with van der Waals surface area (Å²) in [5.74, 6) is -0.112. The van der Waals surface area contributed by atoms with Crippen molar-refractivity contribution >= 4 is 11.7 Å². The number of likely N-dealkylation sites (tertiary alicyclic amines) is 1. The van der Waals surface area contributed by atoms with Crippen molar-refractivity contribution in [2.45, 2.75) is 32.9 Å². The molecule has 1 heterocycles. The molecule has 1 aromatic rings. The number of ether oxygens (including phenoxy) is 1. The number of piperidine rings is 1. The van der Waals surface area contributed by atoms with E-state index in [1.807, 2.05) is 32.0 Å². The Bertz CT molecular complexity index is 490. The summed E-state index contributed by atoms with van der Waals surface area (Å²) in [7, 11) is 1.44. The SMILES string of the molecule is COC(=O)C1CCN(CC(O)Nc2c(C)cccc2C)CC1. The second-order valence-electron chi connectivity index (χ2n) is 6.02. The van der Waals surface area contributed by atoms with Crippen LogP contribution in [0.1, 0.15) is 24.0 Å². The van der Waals surface area contributed by atoms with Gasteiger partial charge in [0.1, 0.15) is 6.23 Å². The van der Waals surface area contributed by atoms with Gasteiger partial charge < -0.3 is 15.2 Å². The zero-order valence-corrected chi connectivity index (χ0v) is 13.6. The molecule has 1 unspecified atom stereocenters. The van der Waals surface area contributed by atoms with Crippen LogP contribution >= 0.6 is 0 Å². The average Bonchev–Trinajstić information content (AvgIpc) is 2.51. The van der Waals surface area contributed by atoms with E-state index in [0.717, 1.165) is 42.7 Å². The third-order valence-electron chi connectivity index (χ3n) is 4.35. The van der Waals surface area contributed by atoms with Crippen LogP contribution < -0.4 is 5.32 Å². The fourth-order valence-corrected chi connectivity index (χ4v) is 3.02. The van der Waals surface area contributed by atoms with Crippen molar-refractivity contribution in [3.63, 3.8) is 0 Å². The van der Waals surface area contributed by atoms with E-state index in [2.05, 4.69) is 10.2 Å². The topological polar surface area (TPSA) is 61.8 Å². The van der Waals surface area contributed by atoms with Crippen molar-refractivity contribution in [1.82, 2.24) is 4.90 Å². The zero-order valence-electron chi connectivity index (χ0n) is 13.6. The monoisotopic (exact) mass is 306 g/mol. The Kier molecular flexibility index (Phi) is 5.80. The molecule has 1 aliphatic rings. The molecule has 0 spiro atoms. The number of aryl methyl sites for hydroxylation is 2.